The van der Waals surface area contributed by atoms with Gasteiger partial charge in [0.1, 0.15) is 0 Å². The molecule has 1 unspecified atom stereocenters. The number of aryl methyl sites for hydroxylation is 1. The van der Waals surface area contributed by atoms with E-state index < -0.39 is 0 Å². The van der Waals surface area contributed by atoms with Crippen molar-refractivity contribution < 1.29 is 4.79 Å². The van der Waals surface area contributed by atoms with Crippen LogP contribution in [-0.4, -0.2) is 38.7 Å². The molecule has 124 valence electrons. The average Bonchev–Trinajstić information content (AvgIpc) is 2.54. The van der Waals surface area contributed by atoms with E-state index in [1.165, 1.54) is 16.3 Å². The van der Waals surface area contributed by atoms with Gasteiger partial charge in [-0.1, -0.05) is 23.4 Å². The first kappa shape index (κ1) is 17.5. The molecule has 0 N–H and O–H groups in total. The fourth-order valence-electron chi connectivity index (χ4n) is 2.47. The Morgan fingerprint density at radius 2 is 2.00 bits per heavy atom. The zero-order valence-corrected chi connectivity index (χ0v) is 15.1. The Kier molecular flexibility index (Phi) is 5.46. The maximum atomic E-state index is 12.5. The second kappa shape index (κ2) is 7.17. The highest BCUT2D eigenvalue weighted by Crippen LogP contribution is 2.23. The Hall–Kier alpha value is -1.82. The van der Waals surface area contributed by atoms with E-state index in [2.05, 4.69) is 4.98 Å². The first-order chi connectivity index (χ1) is 10.9. The zero-order chi connectivity index (χ0) is 17.1. The molecule has 1 amide bonds. The lowest BCUT2D eigenvalue weighted by atomic mass is 10.2. The maximum Gasteiger partial charge on any atom is 0.261 e. The first-order valence-electron chi connectivity index (χ1n) is 7.81. The summed E-state index contributed by atoms with van der Waals surface area (Å²) in [6.45, 7) is 9.10. The van der Waals surface area contributed by atoms with Gasteiger partial charge in [-0.15, -0.1) is 0 Å². The third kappa shape index (κ3) is 3.58. The lowest BCUT2D eigenvalue weighted by molar-refractivity contribution is -0.129. The van der Waals surface area contributed by atoms with Gasteiger partial charge in [-0.25, -0.2) is 4.98 Å². The lowest BCUT2D eigenvalue weighted by Gasteiger charge is -2.22. The first-order valence-corrected chi connectivity index (χ1v) is 8.69. The number of fused-ring (bicyclic) bond motifs is 1. The predicted octanol–water partition coefficient (Wildman–Crippen LogP) is 2.59. The molecule has 0 bridgehead atoms. The SMILES string of the molecule is CCN(CC)C(=O)C(C)Sc1nc2ccc(C)cc2c(=O)n1C. The van der Waals surface area contributed by atoms with E-state index in [-0.39, 0.29) is 16.7 Å². The third-order valence-electron chi connectivity index (χ3n) is 3.90. The van der Waals surface area contributed by atoms with Crippen LogP contribution in [-0.2, 0) is 11.8 Å². The van der Waals surface area contributed by atoms with E-state index >= 15 is 0 Å². The molecule has 0 aliphatic rings. The highest BCUT2D eigenvalue weighted by molar-refractivity contribution is 8.00. The highest BCUT2D eigenvalue weighted by atomic mass is 32.2. The van der Waals surface area contributed by atoms with Gasteiger partial charge in [0.15, 0.2) is 5.16 Å². The number of thioether (sulfide) groups is 1. The quantitative estimate of drug-likeness (QED) is 0.623. The fraction of sp³-hybridized carbons (Fsp3) is 0.471. The minimum Gasteiger partial charge on any atom is -0.342 e. The van der Waals surface area contributed by atoms with Crippen LogP contribution in [0.2, 0.25) is 0 Å². The van der Waals surface area contributed by atoms with Crippen LogP contribution in [0.1, 0.15) is 26.3 Å². The van der Waals surface area contributed by atoms with Gasteiger partial charge in [0, 0.05) is 20.1 Å². The number of aromatic nitrogens is 2. The number of carbonyl (C=O) groups is 1. The second-order valence-corrected chi connectivity index (χ2v) is 6.86. The summed E-state index contributed by atoms with van der Waals surface area (Å²) < 4.78 is 1.53. The number of nitrogens with zero attached hydrogens (tertiary/aromatic N) is 3. The molecule has 1 atom stereocenters. The molecule has 23 heavy (non-hydrogen) atoms. The molecule has 0 saturated heterocycles. The minimum absolute atomic E-state index is 0.0678. The van der Waals surface area contributed by atoms with Crippen LogP contribution in [0, 0.1) is 6.92 Å². The Balaban J connectivity index is 2.37. The molecule has 5 nitrogen and oxygen atoms in total. The van der Waals surface area contributed by atoms with Crippen molar-refractivity contribution in [2.24, 2.45) is 7.05 Å². The van der Waals surface area contributed by atoms with Gasteiger partial charge in [-0.05, 0) is 39.8 Å². The number of carbonyl (C=O) groups excluding carboxylic acids is 1. The Morgan fingerprint density at radius 3 is 2.61 bits per heavy atom. The van der Waals surface area contributed by atoms with Crippen molar-refractivity contribution in [3.63, 3.8) is 0 Å². The van der Waals surface area contributed by atoms with Gasteiger partial charge < -0.3 is 4.90 Å². The molecule has 0 fully saturated rings. The van der Waals surface area contributed by atoms with Crippen molar-refractivity contribution >= 4 is 28.6 Å². The largest absolute Gasteiger partial charge is 0.342 e. The Morgan fingerprint density at radius 1 is 1.35 bits per heavy atom. The maximum absolute atomic E-state index is 12.5. The summed E-state index contributed by atoms with van der Waals surface area (Å²) in [5.74, 6) is 0.0678. The molecule has 6 heteroatoms. The normalized spacial score (nSPS) is 12.4. The molecule has 2 rings (SSSR count). The highest BCUT2D eigenvalue weighted by Gasteiger charge is 2.21. The fourth-order valence-corrected chi connectivity index (χ4v) is 3.43. The van der Waals surface area contributed by atoms with Crippen LogP contribution < -0.4 is 5.56 Å². The lowest BCUT2D eigenvalue weighted by Crippen LogP contribution is -2.36. The summed E-state index contributed by atoms with van der Waals surface area (Å²) in [6.07, 6.45) is 0. The predicted molar refractivity (Wildman–Crippen MR) is 95.0 cm³/mol. The summed E-state index contributed by atoms with van der Waals surface area (Å²) >= 11 is 1.33. The number of hydrogen-bond donors (Lipinski definition) is 0. The summed E-state index contributed by atoms with van der Waals surface area (Å²) in [7, 11) is 1.70. The van der Waals surface area contributed by atoms with Gasteiger partial charge in [0.05, 0.1) is 16.2 Å². The van der Waals surface area contributed by atoms with Gasteiger partial charge in [-0.3, -0.25) is 14.2 Å². The molecule has 0 aliphatic heterocycles. The van der Waals surface area contributed by atoms with E-state index in [0.29, 0.717) is 29.1 Å². The summed E-state index contributed by atoms with van der Waals surface area (Å²) in [6, 6.07) is 5.64. The summed E-state index contributed by atoms with van der Waals surface area (Å²) in [4.78, 5) is 31.3. The molecule has 2 aromatic rings. The second-order valence-electron chi connectivity index (χ2n) is 5.55. The van der Waals surface area contributed by atoms with Gasteiger partial charge in [0.25, 0.3) is 5.56 Å². The number of benzene rings is 1. The van der Waals surface area contributed by atoms with Crippen LogP contribution in [0.4, 0.5) is 0 Å². The molecule has 0 spiro atoms. The third-order valence-corrected chi connectivity index (χ3v) is 5.03. The van der Waals surface area contributed by atoms with Gasteiger partial charge in [0.2, 0.25) is 5.91 Å². The smallest absolute Gasteiger partial charge is 0.261 e. The molecular weight excluding hydrogens is 310 g/mol. The minimum atomic E-state index is -0.282. The van der Waals surface area contributed by atoms with Crippen molar-refractivity contribution in [2.45, 2.75) is 38.1 Å². The van der Waals surface area contributed by atoms with Crippen LogP contribution in [0.3, 0.4) is 0 Å². The molecule has 1 aromatic heterocycles. The topological polar surface area (TPSA) is 55.2 Å². The average molecular weight is 333 g/mol. The molecule has 0 saturated carbocycles. The van der Waals surface area contributed by atoms with Crippen molar-refractivity contribution in [2.75, 3.05) is 13.1 Å². The standard InChI is InChI=1S/C17H23N3O2S/c1-6-20(7-2)15(21)12(4)23-17-18-14-9-8-11(3)10-13(14)16(22)19(17)5/h8-10,12H,6-7H2,1-5H3. The van der Waals surface area contributed by atoms with Crippen LogP contribution in [0.15, 0.2) is 28.2 Å². The van der Waals surface area contributed by atoms with Crippen molar-refractivity contribution in [1.29, 1.82) is 0 Å². The van der Waals surface area contributed by atoms with Crippen LogP contribution >= 0.6 is 11.8 Å². The number of amides is 1. The zero-order valence-electron chi connectivity index (χ0n) is 14.3. The van der Waals surface area contributed by atoms with E-state index in [0.717, 1.165) is 5.56 Å². The molecule has 0 aliphatic carbocycles. The van der Waals surface area contributed by atoms with E-state index in [1.807, 2.05) is 45.9 Å². The van der Waals surface area contributed by atoms with Crippen LogP contribution in [0.5, 0.6) is 0 Å². The van der Waals surface area contributed by atoms with E-state index in [4.69, 9.17) is 0 Å². The van der Waals surface area contributed by atoms with Crippen LogP contribution in [0.25, 0.3) is 10.9 Å². The number of hydrogen-bond acceptors (Lipinski definition) is 4. The van der Waals surface area contributed by atoms with Crippen molar-refractivity contribution in [3.8, 4) is 0 Å². The molecule has 1 heterocycles. The van der Waals surface area contributed by atoms with Gasteiger partial charge in [-0.2, -0.15) is 0 Å². The number of rotatable bonds is 5. The summed E-state index contributed by atoms with van der Waals surface area (Å²) in [5.41, 5.74) is 1.62. The van der Waals surface area contributed by atoms with Crippen molar-refractivity contribution in [1.82, 2.24) is 14.5 Å². The Bertz CT molecular complexity index is 781. The molecule has 1 aromatic carbocycles. The monoisotopic (exact) mass is 333 g/mol. The van der Waals surface area contributed by atoms with E-state index in [1.54, 1.807) is 11.9 Å². The molecular formula is C17H23N3O2S. The molecule has 0 radical (unpaired) electrons. The van der Waals surface area contributed by atoms with Crippen molar-refractivity contribution in [3.05, 3.63) is 34.1 Å². The van der Waals surface area contributed by atoms with Gasteiger partial charge >= 0.3 is 0 Å². The Labute approximate surface area is 140 Å². The van der Waals surface area contributed by atoms with E-state index in [9.17, 15) is 9.59 Å². The summed E-state index contributed by atoms with van der Waals surface area (Å²) in [5, 5.41) is 0.898.